The number of hydrogen-bond donors (Lipinski definition) is 1. The fourth-order valence-electron chi connectivity index (χ4n) is 2.68. The summed E-state index contributed by atoms with van der Waals surface area (Å²) >= 11 is 7.51. The first-order valence-corrected chi connectivity index (χ1v) is 10.1. The van der Waals surface area contributed by atoms with Crippen molar-refractivity contribution in [3.05, 3.63) is 51.8 Å². The van der Waals surface area contributed by atoms with Crippen LogP contribution in [0.4, 0.5) is 0 Å². The highest BCUT2D eigenvalue weighted by molar-refractivity contribution is 7.99. The van der Waals surface area contributed by atoms with E-state index in [9.17, 15) is 14.4 Å². The Morgan fingerprint density at radius 1 is 1.07 bits per heavy atom. The molecule has 150 valence electrons. The van der Waals surface area contributed by atoms with Gasteiger partial charge in [0, 0.05) is 22.0 Å². The van der Waals surface area contributed by atoms with Crippen LogP contribution >= 0.6 is 23.4 Å². The first kappa shape index (κ1) is 22.0. The second kappa shape index (κ2) is 10.3. The lowest BCUT2D eigenvalue weighted by atomic mass is 10.1. The molecule has 1 heterocycles. The molecule has 2 aromatic rings. The molecule has 8 heteroatoms. The predicted octanol–water partition coefficient (Wildman–Crippen LogP) is 4.37. The molecular formula is C20H22ClNO5S. The molecule has 0 radical (unpaired) electrons. The summed E-state index contributed by atoms with van der Waals surface area (Å²) in [5, 5.41) is 0.626. The molecule has 0 fully saturated rings. The van der Waals surface area contributed by atoms with Crippen molar-refractivity contribution in [1.82, 2.24) is 4.98 Å². The summed E-state index contributed by atoms with van der Waals surface area (Å²) in [5.41, 5.74) is 1.47. The van der Waals surface area contributed by atoms with E-state index in [-0.39, 0.29) is 24.2 Å². The van der Waals surface area contributed by atoms with Crippen molar-refractivity contribution in [2.45, 2.75) is 32.1 Å². The van der Waals surface area contributed by atoms with Crippen LogP contribution in [0, 0.1) is 13.8 Å². The smallest absolute Gasteiger partial charge is 0.340 e. The minimum absolute atomic E-state index is 0.138. The number of thioether (sulfide) groups is 1. The second-order valence-corrected chi connectivity index (χ2v) is 7.50. The van der Waals surface area contributed by atoms with E-state index in [1.165, 1.54) is 11.8 Å². The lowest BCUT2D eigenvalue weighted by Crippen LogP contribution is -2.18. The average molecular weight is 424 g/mol. The Labute approximate surface area is 172 Å². The summed E-state index contributed by atoms with van der Waals surface area (Å²) in [6.07, 6.45) is 0.138. The first-order valence-electron chi connectivity index (χ1n) is 8.77. The third kappa shape index (κ3) is 5.62. The van der Waals surface area contributed by atoms with Crippen LogP contribution < -0.4 is 0 Å². The number of rotatable bonds is 9. The van der Waals surface area contributed by atoms with Crippen LogP contribution in [-0.4, -0.2) is 41.7 Å². The maximum atomic E-state index is 12.5. The molecule has 0 atom stereocenters. The van der Waals surface area contributed by atoms with E-state index in [4.69, 9.17) is 21.1 Å². The summed E-state index contributed by atoms with van der Waals surface area (Å²) in [5.74, 6) is -1.03. The van der Waals surface area contributed by atoms with Crippen LogP contribution in [0.15, 0.2) is 29.2 Å². The standard InChI is InChI=1S/C20H22ClNO5S/c1-4-26-20(25)19-13(3)22-12(2)18(19)15(23)11-27-17(24)9-10-28-16-8-6-5-7-14(16)21/h5-8,22H,4,9-11H2,1-3H3. The van der Waals surface area contributed by atoms with Gasteiger partial charge in [-0.25, -0.2) is 4.79 Å². The maximum absolute atomic E-state index is 12.5. The number of ether oxygens (including phenoxy) is 2. The second-order valence-electron chi connectivity index (χ2n) is 5.96. The number of aromatic amines is 1. The van der Waals surface area contributed by atoms with E-state index >= 15 is 0 Å². The number of aryl methyl sites for hydroxylation is 2. The zero-order chi connectivity index (χ0) is 20.7. The summed E-state index contributed by atoms with van der Waals surface area (Å²) in [4.78, 5) is 40.4. The molecule has 28 heavy (non-hydrogen) atoms. The van der Waals surface area contributed by atoms with E-state index in [0.29, 0.717) is 22.2 Å². The van der Waals surface area contributed by atoms with Crippen molar-refractivity contribution in [2.24, 2.45) is 0 Å². The van der Waals surface area contributed by atoms with Crippen LogP contribution in [0.3, 0.4) is 0 Å². The van der Waals surface area contributed by atoms with Crippen molar-refractivity contribution < 1.29 is 23.9 Å². The van der Waals surface area contributed by atoms with E-state index < -0.39 is 24.3 Å². The molecule has 2 rings (SSSR count). The maximum Gasteiger partial charge on any atom is 0.340 e. The van der Waals surface area contributed by atoms with Gasteiger partial charge in [0.1, 0.15) is 0 Å². The van der Waals surface area contributed by atoms with Gasteiger partial charge in [-0.2, -0.15) is 0 Å². The summed E-state index contributed by atoms with van der Waals surface area (Å²) in [6, 6.07) is 7.36. The van der Waals surface area contributed by atoms with E-state index in [1.54, 1.807) is 26.8 Å². The summed E-state index contributed by atoms with van der Waals surface area (Å²) in [7, 11) is 0. The van der Waals surface area contributed by atoms with Crippen LogP contribution in [0.25, 0.3) is 0 Å². The fourth-order valence-corrected chi connectivity index (χ4v) is 3.85. The van der Waals surface area contributed by atoms with Gasteiger partial charge in [0.25, 0.3) is 0 Å². The van der Waals surface area contributed by atoms with Crippen molar-refractivity contribution in [2.75, 3.05) is 19.0 Å². The third-order valence-electron chi connectivity index (χ3n) is 3.90. The number of H-pyrrole nitrogens is 1. The van der Waals surface area contributed by atoms with Gasteiger partial charge in [0.15, 0.2) is 6.61 Å². The number of Topliss-reactive ketones (excluding diaryl/α,β-unsaturated/α-hetero) is 1. The molecule has 0 aliphatic heterocycles. The molecule has 0 spiro atoms. The largest absolute Gasteiger partial charge is 0.462 e. The number of carbonyl (C=O) groups excluding carboxylic acids is 3. The third-order valence-corrected chi connectivity index (χ3v) is 5.41. The van der Waals surface area contributed by atoms with Gasteiger partial charge < -0.3 is 14.5 Å². The van der Waals surface area contributed by atoms with Crippen molar-refractivity contribution >= 4 is 41.1 Å². The Morgan fingerprint density at radius 2 is 1.75 bits per heavy atom. The van der Waals surface area contributed by atoms with E-state index in [1.807, 2.05) is 18.2 Å². The summed E-state index contributed by atoms with van der Waals surface area (Å²) in [6.45, 7) is 4.84. The average Bonchev–Trinajstić information content (AvgIpc) is 2.95. The van der Waals surface area contributed by atoms with Crippen molar-refractivity contribution in [3.63, 3.8) is 0 Å². The Hall–Kier alpha value is -2.25. The Balaban J connectivity index is 1.91. The van der Waals surface area contributed by atoms with Crippen LogP contribution in [0.5, 0.6) is 0 Å². The van der Waals surface area contributed by atoms with Gasteiger partial charge in [0.05, 0.1) is 29.2 Å². The highest BCUT2D eigenvalue weighted by Gasteiger charge is 2.25. The van der Waals surface area contributed by atoms with E-state index in [0.717, 1.165) is 4.90 Å². The Bertz CT molecular complexity index is 877. The van der Waals surface area contributed by atoms with Crippen LogP contribution in [0.1, 0.15) is 45.4 Å². The molecule has 6 nitrogen and oxygen atoms in total. The molecule has 1 aromatic carbocycles. The Morgan fingerprint density at radius 3 is 2.43 bits per heavy atom. The lowest BCUT2D eigenvalue weighted by Gasteiger charge is -2.07. The van der Waals surface area contributed by atoms with Gasteiger partial charge >= 0.3 is 11.9 Å². The normalized spacial score (nSPS) is 10.6. The SMILES string of the molecule is CCOC(=O)c1c(C)[nH]c(C)c1C(=O)COC(=O)CCSc1ccccc1Cl. The first-order chi connectivity index (χ1) is 13.3. The van der Waals surface area contributed by atoms with Crippen LogP contribution in [0.2, 0.25) is 5.02 Å². The number of nitrogens with one attached hydrogen (secondary N) is 1. The molecule has 1 N–H and O–H groups in total. The number of esters is 2. The molecule has 1 aromatic heterocycles. The topological polar surface area (TPSA) is 85.5 Å². The van der Waals surface area contributed by atoms with Gasteiger partial charge in [-0.15, -0.1) is 11.8 Å². The van der Waals surface area contributed by atoms with Crippen molar-refractivity contribution in [3.8, 4) is 0 Å². The molecule has 0 unspecified atom stereocenters. The zero-order valence-corrected chi connectivity index (χ0v) is 17.5. The zero-order valence-electron chi connectivity index (χ0n) is 16.0. The highest BCUT2D eigenvalue weighted by atomic mass is 35.5. The lowest BCUT2D eigenvalue weighted by molar-refractivity contribution is -0.141. The predicted molar refractivity (Wildman–Crippen MR) is 108 cm³/mol. The Kier molecular flexibility index (Phi) is 8.14. The molecular weight excluding hydrogens is 402 g/mol. The molecule has 0 bridgehead atoms. The van der Waals surface area contributed by atoms with E-state index in [2.05, 4.69) is 4.98 Å². The van der Waals surface area contributed by atoms with Gasteiger partial charge in [-0.05, 0) is 32.9 Å². The number of hydrogen-bond acceptors (Lipinski definition) is 6. The number of halogens is 1. The minimum atomic E-state index is -0.574. The quantitative estimate of drug-likeness (QED) is 0.366. The number of ketones is 1. The van der Waals surface area contributed by atoms with Crippen molar-refractivity contribution in [1.29, 1.82) is 0 Å². The number of carbonyl (C=O) groups is 3. The molecule has 0 aliphatic carbocycles. The minimum Gasteiger partial charge on any atom is -0.462 e. The highest BCUT2D eigenvalue weighted by Crippen LogP contribution is 2.27. The molecule has 0 amide bonds. The monoisotopic (exact) mass is 423 g/mol. The fraction of sp³-hybridized carbons (Fsp3) is 0.350. The number of aromatic nitrogens is 1. The van der Waals surface area contributed by atoms with Gasteiger partial charge in [0.2, 0.25) is 5.78 Å². The molecule has 0 saturated heterocycles. The number of benzene rings is 1. The van der Waals surface area contributed by atoms with Gasteiger partial charge in [-0.3, -0.25) is 9.59 Å². The van der Waals surface area contributed by atoms with Crippen LogP contribution in [-0.2, 0) is 14.3 Å². The molecule has 0 saturated carbocycles. The summed E-state index contributed by atoms with van der Waals surface area (Å²) < 4.78 is 10.1. The molecule has 0 aliphatic rings. The van der Waals surface area contributed by atoms with Gasteiger partial charge in [-0.1, -0.05) is 23.7 Å².